The Morgan fingerprint density at radius 1 is 1.35 bits per heavy atom. The van der Waals surface area contributed by atoms with Crippen molar-refractivity contribution in [3.8, 4) is 0 Å². The zero-order valence-electron chi connectivity index (χ0n) is 10.3. The Morgan fingerprint density at radius 2 is 2.18 bits per heavy atom. The number of hydrogen-bond acceptors (Lipinski definition) is 4. The third-order valence-corrected chi connectivity index (χ3v) is 3.70. The number of nitrogen functional groups attached to an aromatic ring is 1. The molecule has 2 N–H and O–H groups in total. The molecule has 3 rings (SSSR count). The minimum Gasteiger partial charge on any atom is -0.384 e. The van der Waals surface area contributed by atoms with E-state index in [9.17, 15) is 0 Å². The average molecular weight is 233 g/mol. The number of nitrogens with two attached hydrogens (primary N) is 1. The zero-order chi connectivity index (χ0) is 11.9. The predicted molar refractivity (Wildman–Crippen MR) is 65.6 cm³/mol. The van der Waals surface area contributed by atoms with E-state index in [0.717, 1.165) is 31.0 Å². The summed E-state index contributed by atoms with van der Waals surface area (Å²) in [5.74, 6) is 1.96. The van der Waals surface area contributed by atoms with Gasteiger partial charge in [-0.1, -0.05) is 0 Å². The van der Waals surface area contributed by atoms with Gasteiger partial charge in [-0.05, 0) is 39.0 Å². The van der Waals surface area contributed by atoms with E-state index in [0.29, 0.717) is 11.7 Å². The molecule has 0 bridgehead atoms. The van der Waals surface area contributed by atoms with Gasteiger partial charge in [0.05, 0.1) is 0 Å². The van der Waals surface area contributed by atoms with Gasteiger partial charge >= 0.3 is 0 Å². The second kappa shape index (κ2) is 3.95. The van der Waals surface area contributed by atoms with Crippen LogP contribution in [0.5, 0.6) is 0 Å². The standard InChI is InChI=1S/C13H19N3O/c1-13(6-2-3-7-17-13)12-15-10(9-4-5-9)8-11(14)16-12/h8-9H,2-7H2,1H3,(H2,14,15,16). The third-order valence-electron chi connectivity index (χ3n) is 3.70. The molecule has 2 fully saturated rings. The molecule has 1 atom stereocenters. The van der Waals surface area contributed by atoms with E-state index in [2.05, 4.69) is 16.9 Å². The molecule has 2 heterocycles. The second-order valence-corrected chi connectivity index (χ2v) is 5.35. The lowest BCUT2D eigenvalue weighted by Gasteiger charge is -2.32. The molecule has 1 aliphatic heterocycles. The van der Waals surface area contributed by atoms with Crippen LogP contribution >= 0.6 is 0 Å². The maximum atomic E-state index is 5.88. The van der Waals surface area contributed by atoms with E-state index >= 15 is 0 Å². The first-order valence-corrected chi connectivity index (χ1v) is 6.46. The Morgan fingerprint density at radius 3 is 2.82 bits per heavy atom. The summed E-state index contributed by atoms with van der Waals surface area (Å²) < 4.78 is 5.88. The van der Waals surface area contributed by atoms with E-state index in [-0.39, 0.29) is 5.60 Å². The van der Waals surface area contributed by atoms with Gasteiger partial charge < -0.3 is 10.5 Å². The molecule has 0 amide bonds. The van der Waals surface area contributed by atoms with Crippen LogP contribution < -0.4 is 5.73 Å². The highest BCUT2D eigenvalue weighted by Crippen LogP contribution is 2.41. The third kappa shape index (κ3) is 2.14. The monoisotopic (exact) mass is 233 g/mol. The molecule has 92 valence electrons. The molecule has 0 aromatic carbocycles. The number of nitrogens with zero attached hydrogens (tertiary/aromatic N) is 2. The van der Waals surface area contributed by atoms with Crippen LogP contribution in [0.3, 0.4) is 0 Å². The van der Waals surface area contributed by atoms with E-state index in [4.69, 9.17) is 10.5 Å². The van der Waals surface area contributed by atoms with E-state index in [1.165, 1.54) is 19.3 Å². The molecule has 0 radical (unpaired) electrons. The van der Waals surface area contributed by atoms with Crippen LogP contribution in [0.25, 0.3) is 0 Å². The van der Waals surface area contributed by atoms with Gasteiger partial charge in [-0.25, -0.2) is 9.97 Å². The van der Waals surface area contributed by atoms with Crippen LogP contribution in [0.4, 0.5) is 5.82 Å². The zero-order valence-corrected chi connectivity index (χ0v) is 10.3. The van der Waals surface area contributed by atoms with Gasteiger partial charge in [0.25, 0.3) is 0 Å². The molecule has 2 aliphatic rings. The topological polar surface area (TPSA) is 61.0 Å². The Bertz CT molecular complexity index is 423. The summed E-state index contributed by atoms with van der Waals surface area (Å²) in [6.45, 7) is 2.88. The molecule has 1 aromatic heterocycles. The fourth-order valence-electron chi connectivity index (χ4n) is 2.42. The Kier molecular flexibility index (Phi) is 2.54. The van der Waals surface area contributed by atoms with Crippen molar-refractivity contribution in [3.05, 3.63) is 17.6 Å². The van der Waals surface area contributed by atoms with Gasteiger partial charge in [-0.15, -0.1) is 0 Å². The second-order valence-electron chi connectivity index (χ2n) is 5.35. The number of rotatable bonds is 2. The molecule has 1 unspecified atom stereocenters. The fraction of sp³-hybridized carbons (Fsp3) is 0.692. The minimum atomic E-state index is -0.336. The first kappa shape index (κ1) is 11.0. The molecule has 1 aromatic rings. The lowest BCUT2D eigenvalue weighted by atomic mass is 9.95. The number of hydrogen-bond donors (Lipinski definition) is 1. The summed E-state index contributed by atoms with van der Waals surface area (Å²) in [5.41, 5.74) is 6.65. The molecule has 1 aliphatic carbocycles. The summed E-state index contributed by atoms with van der Waals surface area (Å²) in [7, 11) is 0. The molecule has 1 saturated carbocycles. The van der Waals surface area contributed by atoms with Crippen molar-refractivity contribution < 1.29 is 4.74 Å². The van der Waals surface area contributed by atoms with E-state index in [1.807, 2.05) is 6.07 Å². The number of aromatic nitrogens is 2. The fourth-order valence-corrected chi connectivity index (χ4v) is 2.42. The Labute approximate surface area is 102 Å². The number of anilines is 1. The van der Waals surface area contributed by atoms with E-state index in [1.54, 1.807) is 0 Å². The highest BCUT2D eigenvalue weighted by molar-refractivity contribution is 5.34. The normalized spacial score (nSPS) is 29.2. The van der Waals surface area contributed by atoms with Crippen LogP contribution in [0.15, 0.2) is 6.07 Å². The largest absolute Gasteiger partial charge is 0.384 e. The van der Waals surface area contributed by atoms with Crippen molar-refractivity contribution in [1.82, 2.24) is 9.97 Å². The molecule has 1 saturated heterocycles. The van der Waals surface area contributed by atoms with Crippen molar-refractivity contribution >= 4 is 5.82 Å². The highest BCUT2D eigenvalue weighted by atomic mass is 16.5. The Balaban J connectivity index is 1.95. The molecule has 4 nitrogen and oxygen atoms in total. The van der Waals surface area contributed by atoms with Gasteiger partial charge in [0, 0.05) is 24.3 Å². The van der Waals surface area contributed by atoms with Crippen LogP contribution in [0, 0.1) is 0 Å². The van der Waals surface area contributed by atoms with Crippen LogP contribution in [-0.2, 0) is 10.3 Å². The van der Waals surface area contributed by atoms with Crippen molar-refractivity contribution in [2.24, 2.45) is 0 Å². The smallest absolute Gasteiger partial charge is 0.162 e. The van der Waals surface area contributed by atoms with Crippen molar-refractivity contribution in [2.45, 2.75) is 50.5 Å². The van der Waals surface area contributed by atoms with Gasteiger partial charge in [0.2, 0.25) is 0 Å². The van der Waals surface area contributed by atoms with Crippen molar-refractivity contribution in [1.29, 1.82) is 0 Å². The predicted octanol–water partition coefficient (Wildman–Crippen LogP) is 2.35. The average Bonchev–Trinajstić information content (AvgIpc) is 3.13. The molecular weight excluding hydrogens is 214 g/mol. The summed E-state index contributed by atoms with van der Waals surface area (Å²) in [6.07, 6.45) is 5.75. The van der Waals surface area contributed by atoms with Gasteiger partial charge in [-0.3, -0.25) is 0 Å². The van der Waals surface area contributed by atoms with E-state index < -0.39 is 0 Å². The molecule has 0 spiro atoms. The summed E-state index contributed by atoms with van der Waals surface area (Å²) in [5, 5.41) is 0. The highest BCUT2D eigenvalue weighted by Gasteiger charge is 2.35. The molecular formula is C13H19N3O. The van der Waals surface area contributed by atoms with Crippen LogP contribution in [0.1, 0.15) is 56.5 Å². The summed E-state index contributed by atoms with van der Waals surface area (Å²) in [6, 6.07) is 1.91. The first-order valence-electron chi connectivity index (χ1n) is 6.46. The summed E-state index contributed by atoms with van der Waals surface area (Å²) in [4.78, 5) is 9.06. The maximum Gasteiger partial charge on any atom is 0.162 e. The lowest BCUT2D eigenvalue weighted by molar-refractivity contribution is -0.0760. The Hall–Kier alpha value is -1.16. The minimum absolute atomic E-state index is 0.336. The van der Waals surface area contributed by atoms with Gasteiger partial charge in [-0.2, -0.15) is 0 Å². The first-order chi connectivity index (χ1) is 8.17. The van der Waals surface area contributed by atoms with Crippen LogP contribution in [0.2, 0.25) is 0 Å². The van der Waals surface area contributed by atoms with Crippen molar-refractivity contribution in [3.63, 3.8) is 0 Å². The lowest BCUT2D eigenvalue weighted by Crippen LogP contribution is -2.32. The maximum absolute atomic E-state index is 5.88. The van der Waals surface area contributed by atoms with Gasteiger partial charge in [0.15, 0.2) is 5.82 Å². The SMILES string of the molecule is CC1(c2nc(N)cc(C3CC3)n2)CCCCO1. The van der Waals surface area contributed by atoms with Crippen molar-refractivity contribution in [2.75, 3.05) is 12.3 Å². The van der Waals surface area contributed by atoms with Gasteiger partial charge in [0.1, 0.15) is 11.4 Å². The van der Waals surface area contributed by atoms with Crippen LogP contribution in [-0.4, -0.2) is 16.6 Å². The quantitative estimate of drug-likeness (QED) is 0.851. The number of ether oxygens (including phenoxy) is 1. The molecule has 17 heavy (non-hydrogen) atoms. The summed E-state index contributed by atoms with van der Waals surface area (Å²) >= 11 is 0. The molecule has 4 heteroatoms.